The summed E-state index contributed by atoms with van der Waals surface area (Å²) >= 11 is 0. The Bertz CT molecular complexity index is 782. The Labute approximate surface area is 131 Å². The number of nitrogens with two attached hydrogens (primary N) is 1. The molecule has 3 heteroatoms. The van der Waals surface area contributed by atoms with Gasteiger partial charge in [0, 0.05) is 17.8 Å². The number of imidazole rings is 1. The second-order valence-corrected chi connectivity index (χ2v) is 6.11. The Morgan fingerprint density at radius 3 is 2.45 bits per heavy atom. The van der Waals surface area contributed by atoms with Gasteiger partial charge in [0.25, 0.3) is 0 Å². The third-order valence-corrected chi connectivity index (χ3v) is 4.06. The van der Waals surface area contributed by atoms with Crippen LogP contribution in [-0.2, 0) is 6.54 Å². The van der Waals surface area contributed by atoms with Gasteiger partial charge in [0.1, 0.15) is 5.82 Å². The minimum Gasteiger partial charge on any atom is -0.399 e. The van der Waals surface area contributed by atoms with Crippen molar-refractivity contribution >= 4 is 16.7 Å². The van der Waals surface area contributed by atoms with Crippen molar-refractivity contribution in [2.24, 2.45) is 0 Å². The maximum atomic E-state index is 5.80. The molecule has 3 nitrogen and oxygen atoms in total. The highest BCUT2D eigenvalue weighted by Gasteiger charge is 2.13. The fourth-order valence-electron chi connectivity index (χ4n) is 2.81. The van der Waals surface area contributed by atoms with Crippen LogP contribution in [0.15, 0.2) is 42.5 Å². The van der Waals surface area contributed by atoms with Gasteiger partial charge in [0.15, 0.2) is 0 Å². The van der Waals surface area contributed by atoms with E-state index in [2.05, 4.69) is 43.5 Å². The molecular weight excluding hydrogens is 270 g/mol. The molecule has 0 aliphatic heterocycles. The van der Waals surface area contributed by atoms with Crippen LogP contribution in [0.5, 0.6) is 0 Å². The third-order valence-electron chi connectivity index (χ3n) is 4.06. The summed E-state index contributed by atoms with van der Waals surface area (Å²) in [6.45, 7) is 7.59. The minimum absolute atomic E-state index is 0.515. The van der Waals surface area contributed by atoms with Gasteiger partial charge in [-0.2, -0.15) is 0 Å². The summed E-state index contributed by atoms with van der Waals surface area (Å²) < 4.78 is 2.31. The topological polar surface area (TPSA) is 43.8 Å². The van der Waals surface area contributed by atoms with Gasteiger partial charge in [-0.3, -0.25) is 0 Å². The lowest BCUT2D eigenvalue weighted by Gasteiger charge is -2.09. The van der Waals surface area contributed by atoms with E-state index >= 15 is 0 Å². The smallest absolute Gasteiger partial charge is 0.141 e. The summed E-state index contributed by atoms with van der Waals surface area (Å²) in [5.74, 6) is 1.54. The number of fused-ring (bicyclic) bond motifs is 1. The Morgan fingerprint density at radius 2 is 1.82 bits per heavy atom. The molecule has 2 aromatic carbocycles. The fourth-order valence-corrected chi connectivity index (χ4v) is 2.81. The molecule has 1 aromatic heterocycles. The molecule has 0 atom stereocenters. The van der Waals surface area contributed by atoms with E-state index in [-0.39, 0.29) is 0 Å². The second kappa shape index (κ2) is 5.84. The van der Waals surface area contributed by atoms with Gasteiger partial charge < -0.3 is 10.3 Å². The van der Waals surface area contributed by atoms with Crippen LogP contribution in [0.4, 0.5) is 5.69 Å². The summed E-state index contributed by atoms with van der Waals surface area (Å²) in [5, 5.41) is 0. The first-order chi connectivity index (χ1) is 10.6. The minimum atomic E-state index is 0.515. The quantitative estimate of drug-likeness (QED) is 0.701. The summed E-state index contributed by atoms with van der Waals surface area (Å²) in [7, 11) is 0. The van der Waals surface area contributed by atoms with Crippen LogP contribution >= 0.6 is 0 Å². The molecule has 0 bridgehead atoms. The lowest BCUT2D eigenvalue weighted by atomic mass is 10.0. The summed E-state index contributed by atoms with van der Waals surface area (Å²) in [4.78, 5) is 4.90. The van der Waals surface area contributed by atoms with Crippen molar-refractivity contribution in [3.8, 4) is 11.4 Å². The molecule has 0 aliphatic carbocycles. The first-order valence-electron chi connectivity index (χ1n) is 7.96. The van der Waals surface area contributed by atoms with Crippen molar-refractivity contribution in [3.05, 3.63) is 48.0 Å². The van der Waals surface area contributed by atoms with Crippen molar-refractivity contribution in [1.29, 1.82) is 0 Å². The Balaban J connectivity index is 2.19. The van der Waals surface area contributed by atoms with Gasteiger partial charge in [0.2, 0.25) is 0 Å². The zero-order valence-electron chi connectivity index (χ0n) is 13.5. The standard InChI is InChI=1S/C19H23N3/c1-4-11-22-18-10-7-15(13(2)3)12-17(18)21-19(22)14-5-8-16(20)9-6-14/h5-10,12-13H,4,11,20H2,1-3H3. The van der Waals surface area contributed by atoms with E-state index in [0.717, 1.165) is 35.6 Å². The van der Waals surface area contributed by atoms with E-state index < -0.39 is 0 Å². The normalized spacial score (nSPS) is 11.5. The second-order valence-electron chi connectivity index (χ2n) is 6.11. The van der Waals surface area contributed by atoms with E-state index in [1.54, 1.807) is 0 Å². The average Bonchev–Trinajstić information content (AvgIpc) is 2.86. The van der Waals surface area contributed by atoms with Gasteiger partial charge in [-0.1, -0.05) is 26.8 Å². The average molecular weight is 293 g/mol. The molecule has 0 unspecified atom stereocenters. The number of benzene rings is 2. The van der Waals surface area contributed by atoms with Crippen LogP contribution in [0.25, 0.3) is 22.4 Å². The zero-order chi connectivity index (χ0) is 15.7. The molecule has 1 heterocycles. The molecule has 0 radical (unpaired) electrons. The molecule has 0 fully saturated rings. The number of nitrogen functional groups attached to an aromatic ring is 1. The summed E-state index contributed by atoms with van der Waals surface area (Å²) in [6, 6.07) is 14.6. The first-order valence-corrected chi connectivity index (χ1v) is 7.96. The van der Waals surface area contributed by atoms with Gasteiger partial charge >= 0.3 is 0 Å². The van der Waals surface area contributed by atoms with E-state index in [4.69, 9.17) is 10.7 Å². The van der Waals surface area contributed by atoms with E-state index in [1.165, 1.54) is 11.1 Å². The predicted molar refractivity (Wildman–Crippen MR) is 94.0 cm³/mol. The monoisotopic (exact) mass is 293 g/mol. The number of aryl methyl sites for hydroxylation is 1. The van der Waals surface area contributed by atoms with Crippen LogP contribution in [0.1, 0.15) is 38.7 Å². The van der Waals surface area contributed by atoms with E-state index in [1.807, 2.05) is 24.3 Å². The van der Waals surface area contributed by atoms with Gasteiger partial charge in [-0.25, -0.2) is 4.98 Å². The largest absolute Gasteiger partial charge is 0.399 e. The maximum Gasteiger partial charge on any atom is 0.141 e. The lowest BCUT2D eigenvalue weighted by Crippen LogP contribution is -2.00. The molecular formula is C19H23N3. The highest BCUT2D eigenvalue weighted by Crippen LogP contribution is 2.28. The maximum absolute atomic E-state index is 5.80. The van der Waals surface area contributed by atoms with Crippen LogP contribution in [0, 0.1) is 0 Å². The summed E-state index contributed by atoms with van der Waals surface area (Å²) in [5.41, 5.74) is 11.3. The van der Waals surface area contributed by atoms with Gasteiger partial charge in [-0.05, 0) is 54.3 Å². The fraction of sp³-hybridized carbons (Fsp3) is 0.316. The predicted octanol–water partition coefficient (Wildman–Crippen LogP) is 4.82. The molecule has 0 aliphatic rings. The number of hydrogen-bond acceptors (Lipinski definition) is 2. The summed E-state index contributed by atoms with van der Waals surface area (Å²) in [6.07, 6.45) is 1.08. The third kappa shape index (κ3) is 2.59. The number of rotatable bonds is 4. The SMILES string of the molecule is CCCn1c(-c2ccc(N)cc2)nc2cc(C(C)C)ccc21. The number of aromatic nitrogens is 2. The highest BCUT2D eigenvalue weighted by molar-refractivity contribution is 5.81. The van der Waals surface area contributed by atoms with Crippen molar-refractivity contribution in [1.82, 2.24) is 9.55 Å². The van der Waals surface area contributed by atoms with Gasteiger partial charge in [0.05, 0.1) is 11.0 Å². The van der Waals surface area contributed by atoms with Crippen molar-refractivity contribution < 1.29 is 0 Å². The van der Waals surface area contributed by atoms with Crippen molar-refractivity contribution in [3.63, 3.8) is 0 Å². The van der Waals surface area contributed by atoms with E-state index in [9.17, 15) is 0 Å². The molecule has 0 spiro atoms. The van der Waals surface area contributed by atoms with E-state index in [0.29, 0.717) is 5.92 Å². The van der Waals surface area contributed by atoms with Crippen LogP contribution in [0.3, 0.4) is 0 Å². The molecule has 0 saturated heterocycles. The van der Waals surface area contributed by atoms with Crippen LogP contribution in [0.2, 0.25) is 0 Å². The first kappa shape index (κ1) is 14.6. The zero-order valence-corrected chi connectivity index (χ0v) is 13.5. The Morgan fingerprint density at radius 1 is 1.09 bits per heavy atom. The molecule has 3 aromatic rings. The molecule has 0 amide bonds. The van der Waals surface area contributed by atoms with Crippen molar-refractivity contribution in [2.75, 3.05) is 5.73 Å². The van der Waals surface area contributed by atoms with Crippen LogP contribution in [-0.4, -0.2) is 9.55 Å². The van der Waals surface area contributed by atoms with Gasteiger partial charge in [-0.15, -0.1) is 0 Å². The number of hydrogen-bond donors (Lipinski definition) is 1. The van der Waals surface area contributed by atoms with Crippen molar-refractivity contribution in [2.45, 2.75) is 39.7 Å². The molecule has 3 rings (SSSR count). The number of anilines is 1. The molecule has 114 valence electrons. The highest BCUT2D eigenvalue weighted by atomic mass is 15.1. The Hall–Kier alpha value is -2.29. The molecule has 0 saturated carbocycles. The Kier molecular flexibility index (Phi) is 3.88. The van der Waals surface area contributed by atoms with Crippen LogP contribution < -0.4 is 5.73 Å². The molecule has 2 N–H and O–H groups in total. The molecule has 22 heavy (non-hydrogen) atoms. The lowest BCUT2D eigenvalue weighted by molar-refractivity contribution is 0.704. The number of nitrogens with zero attached hydrogens (tertiary/aromatic N) is 2.